The molecule has 1 aliphatic carbocycles. The fourth-order valence-corrected chi connectivity index (χ4v) is 2.90. The molecule has 0 aromatic carbocycles. The first-order valence-electron chi connectivity index (χ1n) is 5.90. The maximum absolute atomic E-state index is 10.7. The van der Waals surface area contributed by atoms with Crippen molar-refractivity contribution in [3.05, 3.63) is 0 Å². The lowest BCUT2D eigenvalue weighted by Crippen LogP contribution is -2.53. The molecule has 15 heavy (non-hydrogen) atoms. The topological polar surface area (TPSA) is 53.2 Å². The first-order chi connectivity index (χ1) is 7.18. The van der Waals surface area contributed by atoms with Crippen molar-refractivity contribution < 1.29 is 9.84 Å². The summed E-state index contributed by atoms with van der Waals surface area (Å²) in [5, 5.41) is 20.1. The molecule has 0 bridgehead atoms. The Morgan fingerprint density at radius 1 is 1.60 bits per heavy atom. The van der Waals surface area contributed by atoms with Crippen LogP contribution >= 0.6 is 0 Å². The van der Waals surface area contributed by atoms with E-state index in [1.165, 1.54) is 0 Å². The predicted octanol–water partition coefficient (Wildman–Crippen LogP) is 1.86. The summed E-state index contributed by atoms with van der Waals surface area (Å²) in [6.07, 6.45) is 4.46. The molecule has 2 rings (SSSR count). The normalized spacial score (nSPS) is 35.5. The summed E-state index contributed by atoms with van der Waals surface area (Å²) in [7, 11) is 0. The Hall–Kier alpha value is -0.590. The van der Waals surface area contributed by atoms with Crippen molar-refractivity contribution in [1.82, 2.24) is 0 Å². The van der Waals surface area contributed by atoms with Gasteiger partial charge >= 0.3 is 0 Å². The van der Waals surface area contributed by atoms with Gasteiger partial charge in [0.2, 0.25) is 0 Å². The zero-order chi connectivity index (χ0) is 10.9. The lowest BCUT2D eigenvalue weighted by molar-refractivity contribution is -0.133. The Labute approximate surface area is 91.0 Å². The number of ether oxygens (including phenoxy) is 1. The van der Waals surface area contributed by atoms with Gasteiger partial charge in [-0.3, -0.25) is 0 Å². The maximum Gasteiger partial charge on any atom is 0.109 e. The second kappa shape index (κ2) is 3.77. The first kappa shape index (κ1) is 10.9. The third kappa shape index (κ3) is 1.56. The van der Waals surface area contributed by atoms with Crippen LogP contribution in [0.3, 0.4) is 0 Å². The van der Waals surface area contributed by atoms with E-state index in [0.29, 0.717) is 18.9 Å². The van der Waals surface area contributed by atoms with Crippen LogP contribution in [0.15, 0.2) is 0 Å². The van der Waals surface area contributed by atoms with Gasteiger partial charge in [0.1, 0.15) is 5.41 Å². The van der Waals surface area contributed by atoms with Crippen molar-refractivity contribution in [3.63, 3.8) is 0 Å². The highest BCUT2D eigenvalue weighted by molar-refractivity contribution is 5.16. The molecule has 0 radical (unpaired) electrons. The molecule has 84 valence electrons. The Bertz CT molecular complexity index is 274. The SMILES string of the molecule is CCC(O)(C1CC1)C1(C#N)CCCOC1. The lowest BCUT2D eigenvalue weighted by atomic mass is 9.65. The standard InChI is InChI=1S/C12H19NO2/c1-2-12(14,10-4-5-10)11(8-13)6-3-7-15-9-11/h10,14H,2-7,9H2,1H3. The molecule has 1 N–H and O–H groups in total. The number of rotatable bonds is 3. The van der Waals surface area contributed by atoms with Crippen LogP contribution in [0.4, 0.5) is 0 Å². The van der Waals surface area contributed by atoms with E-state index in [9.17, 15) is 10.4 Å². The van der Waals surface area contributed by atoms with Crippen molar-refractivity contribution in [3.8, 4) is 6.07 Å². The summed E-state index contributed by atoms with van der Waals surface area (Å²) in [6.45, 7) is 3.12. The predicted molar refractivity (Wildman–Crippen MR) is 56.1 cm³/mol. The van der Waals surface area contributed by atoms with Gasteiger partial charge in [0.25, 0.3) is 0 Å². The molecule has 1 aliphatic heterocycles. The van der Waals surface area contributed by atoms with Crippen molar-refractivity contribution in [2.24, 2.45) is 11.3 Å². The van der Waals surface area contributed by atoms with Gasteiger partial charge in [-0.05, 0) is 38.0 Å². The number of nitrogens with zero attached hydrogens (tertiary/aromatic N) is 1. The average molecular weight is 209 g/mol. The zero-order valence-corrected chi connectivity index (χ0v) is 9.33. The molecule has 1 saturated carbocycles. The molecule has 3 heteroatoms. The second-order valence-corrected chi connectivity index (χ2v) is 4.90. The Morgan fingerprint density at radius 2 is 2.33 bits per heavy atom. The van der Waals surface area contributed by atoms with Crippen LogP contribution < -0.4 is 0 Å². The van der Waals surface area contributed by atoms with E-state index in [2.05, 4.69) is 6.07 Å². The monoisotopic (exact) mass is 209 g/mol. The molecule has 1 heterocycles. The van der Waals surface area contributed by atoms with E-state index in [-0.39, 0.29) is 0 Å². The van der Waals surface area contributed by atoms with Gasteiger partial charge in [-0.15, -0.1) is 0 Å². The van der Waals surface area contributed by atoms with Gasteiger partial charge in [0.05, 0.1) is 18.3 Å². The fourth-order valence-electron chi connectivity index (χ4n) is 2.90. The first-order valence-corrected chi connectivity index (χ1v) is 5.90. The van der Waals surface area contributed by atoms with Crippen molar-refractivity contribution in [2.75, 3.05) is 13.2 Å². The van der Waals surface area contributed by atoms with Crippen LogP contribution in [0.2, 0.25) is 0 Å². The summed E-state index contributed by atoms with van der Waals surface area (Å²) < 4.78 is 5.42. The minimum absolute atomic E-state index is 0.323. The van der Waals surface area contributed by atoms with Crippen LogP contribution in [-0.2, 0) is 4.74 Å². The molecule has 3 nitrogen and oxygen atoms in total. The Morgan fingerprint density at radius 3 is 2.73 bits per heavy atom. The van der Waals surface area contributed by atoms with Crippen molar-refractivity contribution in [1.29, 1.82) is 5.26 Å². The lowest BCUT2D eigenvalue weighted by Gasteiger charge is -2.44. The largest absolute Gasteiger partial charge is 0.388 e. The highest BCUT2D eigenvalue weighted by atomic mass is 16.5. The van der Waals surface area contributed by atoms with Crippen LogP contribution in [0.5, 0.6) is 0 Å². The molecular formula is C12H19NO2. The molecule has 2 unspecified atom stereocenters. The van der Waals surface area contributed by atoms with Gasteiger partial charge in [0.15, 0.2) is 0 Å². The molecule has 2 aliphatic rings. The summed E-state index contributed by atoms with van der Waals surface area (Å²) in [5.41, 5.74) is -1.47. The Balaban J connectivity index is 2.26. The molecule has 0 aromatic rings. The maximum atomic E-state index is 10.7. The molecule has 0 aromatic heterocycles. The van der Waals surface area contributed by atoms with E-state index < -0.39 is 11.0 Å². The van der Waals surface area contributed by atoms with E-state index in [4.69, 9.17) is 4.74 Å². The summed E-state index contributed by atoms with van der Waals surface area (Å²) >= 11 is 0. The quantitative estimate of drug-likeness (QED) is 0.771. The number of aliphatic hydroxyl groups is 1. The zero-order valence-electron chi connectivity index (χ0n) is 9.33. The summed E-state index contributed by atoms with van der Waals surface area (Å²) in [5.74, 6) is 0.323. The van der Waals surface area contributed by atoms with Crippen LogP contribution in [-0.4, -0.2) is 23.9 Å². The van der Waals surface area contributed by atoms with Crippen molar-refractivity contribution in [2.45, 2.75) is 44.6 Å². The van der Waals surface area contributed by atoms with Gasteiger partial charge in [-0.2, -0.15) is 5.26 Å². The van der Waals surface area contributed by atoms with Gasteiger partial charge < -0.3 is 9.84 Å². The van der Waals surface area contributed by atoms with E-state index in [1.807, 2.05) is 6.92 Å². The summed E-state index contributed by atoms with van der Waals surface area (Å²) in [4.78, 5) is 0. The molecule has 2 fully saturated rings. The minimum Gasteiger partial charge on any atom is -0.388 e. The highest BCUT2D eigenvalue weighted by Gasteiger charge is 2.58. The Kier molecular flexibility index (Phi) is 2.74. The van der Waals surface area contributed by atoms with E-state index in [1.54, 1.807) is 0 Å². The highest BCUT2D eigenvalue weighted by Crippen LogP contribution is 2.53. The molecule has 0 amide bonds. The fraction of sp³-hybridized carbons (Fsp3) is 0.917. The third-order valence-electron chi connectivity index (χ3n) is 4.08. The third-order valence-corrected chi connectivity index (χ3v) is 4.08. The molecular weight excluding hydrogens is 190 g/mol. The van der Waals surface area contributed by atoms with E-state index >= 15 is 0 Å². The number of hydrogen-bond acceptors (Lipinski definition) is 3. The van der Waals surface area contributed by atoms with Crippen LogP contribution in [0.1, 0.15) is 39.0 Å². The second-order valence-electron chi connectivity index (χ2n) is 4.90. The average Bonchev–Trinajstić information content (AvgIpc) is 3.13. The number of nitriles is 1. The molecule has 1 saturated heterocycles. The van der Waals surface area contributed by atoms with Gasteiger partial charge in [-0.25, -0.2) is 0 Å². The van der Waals surface area contributed by atoms with Gasteiger partial charge in [0, 0.05) is 6.61 Å². The van der Waals surface area contributed by atoms with Crippen LogP contribution in [0, 0.1) is 22.7 Å². The minimum atomic E-state index is -0.817. The smallest absolute Gasteiger partial charge is 0.109 e. The molecule has 0 spiro atoms. The number of hydrogen-bond donors (Lipinski definition) is 1. The molecule has 2 atom stereocenters. The van der Waals surface area contributed by atoms with Crippen LogP contribution in [0.25, 0.3) is 0 Å². The van der Waals surface area contributed by atoms with E-state index in [0.717, 1.165) is 32.3 Å². The van der Waals surface area contributed by atoms with Crippen molar-refractivity contribution >= 4 is 0 Å². The van der Waals surface area contributed by atoms with Gasteiger partial charge in [-0.1, -0.05) is 6.92 Å². The summed E-state index contributed by atoms with van der Waals surface area (Å²) in [6, 6.07) is 2.36.